The summed E-state index contributed by atoms with van der Waals surface area (Å²) in [6.45, 7) is 0. The molecule has 158 valence electrons. The number of hydrogen-bond donors (Lipinski definition) is 2. The van der Waals surface area contributed by atoms with Crippen LogP contribution in [0.5, 0.6) is 0 Å². The SMILES string of the molecule is CS(=O)(=O)C1(S(C)(=O)=O)CC(=O)c2c(NC3CCCC3)sc(-c3ccn[nH]3)c2C1. The third-order valence-electron chi connectivity index (χ3n) is 5.95. The number of aromatic amines is 1. The molecular weight excluding hydrogens is 434 g/mol. The summed E-state index contributed by atoms with van der Waals surface area (Å²) in [7, 11) is -8.14. The molecule has 2 aromatic rings. The Morgan fingerprint density at radius 1 is 1.14 bits per heavy atom. The van der Waals surface area contributed by atoms with E-state index < -0.39 is 36.0 Å². The maximum atomic E-state index is 13.2. The molecule has 0 aliphatic heterocycles. The van der Waals surface area contributed by atoms with Gasteiger partial charge in [-0.05, 0) is 24.5 Å². The van der Waals surface area contributed by atoms with E-state index in [1.165, 1.54) is 11.3 Å². The average molecular weight is 458 g/mol. The van der Waals surface area contributed by atoms with Crippen molar-refractivity contribution in [3.05, 3.63) is 23.4 Å². The molecular formula is C18H23N3O5S3. The minimum Gasteiger partial charge on any atom is -0.374 e. The molecule has 2 aromatic heterocycles. The first kappa shape index (κ1) is 20.5. The van der Waals surface area contributed by atoms with E-state index in [9.17, 15) is 21.6 Å². The molecule has 8 nitrogen and oxygen atoms in total. The molecule has 1 fully saturated rings. The number of thiophene rings is 1. The van der Waals surface area contributed by atoms with Crippen molar-refractivity contribution in [3.63, 3.8) is 0 Å². The number of hydrogen-bond acceptors (Lipinski definition) is 8. The first-order chi connectivity index (χ1) is 13.5. The number of aromatic nitrogens is 2. The summed E-state index contributed by atoms with van der Waals surface area (Å²) in [4.78, 5) is 13.8. The zero-order chi connectivity index (χ0) is 21.0. The number of carbonyl (C=O) groups excluding carboxylic acids is 1. The molecule has 0 amide bonds. The number of sulfone groups is 2. The van der Waals surface area contributed by atoms with E-state index in [1.807, 2.05) is 0 Å². The minimum atomic E-state index is -4.07. The third kappa shape index (κ3) is 3.32. The Kier molecular flexibility index (Phi) is 4.90. The lowest BCUT2D eigenvalue weighted by atomic mass is 9.90. The van der Waals surface area contributed by atoms with Crippen molar-refractivity contribution in [1.82, 2.24) is 10.2 Å². The highest BCUT2D eigenvalue weighted by molar-refractivity contribution is 8.09. The Hall–Kier alpha value is -1.72. The number of carbonyl (C=O) groups is 1. The van der Waals surface area contributed by atoms with Crippen LogP contribution in [0.4, 0.5) is 5.00 Å². The van der Waals surface area contributed by atoms with Gasteiger partial charge >= 0.3 is 0 Å². The summed E-state index contributed by atoms with van der Waals surface area (Å²) in [5, 5.41) is 10.9. The largest absolute Gasteiger partial charge is 0.374 e. The Morgan fingerprint density at radius 2 is 1.79 bits per heavy atom. The number of anilines is 1. The van der Waals surface area contributed by atoms with Crippen molar-refractivity contribution < 1.29 is 21.6 Å². The summed E-state index contributed by atoms with van der Waals surface area (Å²) < 4.78 is 48.4. The second-order valence-corrected chi connectivity index (χ2v) is 13.9. The Bertz CT molecular complexity index is 1130. The van der Waals surface area contributed by atoms with Crippen LogP contribution < -0.4 is 5.32 Å². The average Bonchev–Trinajstić information content (AvgIpc) is 3.33. The van der Waals surface area contributed by atoms with E-state index in [4.69, 9.17) is 0 Å². The molecule has 0 unspecified atom stereocenters. The Labute approximate surface area is 173 Å². The fraction of sp³-hybridized carbons (Fsp3) is 0.556. The molecule has 0 atom stereocenters. The summed E-state index contributed by atoms with van der Waals surface area (Å²) in [6, 6.07) is 1.99. The third-order valence-corrected chi connectivity index (χ3v) is 12.2. The second kappa shape index (κ2) is 6.92. The van der Waals surface area contributed by atoms with Crippen LogP contribution in [0.2, 0.25) is 0 Å². The zero-order valence-corrected chi connectivity index (χ0v) is 18.6. The molecule has 2 N–H and O–H groups in total. The monoisotopic (exact) mass is 457 g/mol. The summed E-state index contributed by atoms with van der Waals surface area (Å²) >= 11 is 1.35. The fourth-order valence-electron chi connectivity index (χ4n) is 4.35. The number of Topliss-reactive ketones (excluding diaryl/α,β-unsaturated/α-hetero) is 1. The van der Waals surface area contributed by atoms with Gasteiger partial charge in [0, 0.05) is 37.6 Å². The van der Waals surface area contributed by atoms with E-state index in [0.29, 0.717) is 26.7 Å². The second-order valence-electron chi connectivity index (χ2n) is 7.94. The molecule has 2 heterocycles. The van der Waals surface area contributed by atoms with Crippen LogP contribution in [0.25, 0.3) is 10.6 Å². The molecule has 11 heteroatoms. The van der Waals surface area contributed by atoms with Crippen LogP contribution in [0.3, 0.4) is 0 Å². The molecule has 0 saturated heterocycles. The molecule has 29 heavy (non-hydrogen) atoms. The summed E-state index contributed by atoms with van der Waals surface area (Å²) in [6.07, 6.45) is 6.82. The van der Waals surface area contributed by atoms with Crippen molar-refractivity contribution >= 4 is 41.8 Å². The van der Waals surface area contributed by atoms with Crippen LogP contribution in [0, 0.1) is 0 Å². The molecule has 4 rings (SSSR count). The van der Waals surface area contributed by atoms with Crippen molar-refractivity contribution in [1.29, 1.82) is 0 Å². The highest BCUT2D eigenvalue weighted by Gasteiger charge is 2.56. The standard InChI is InChI=1S/C18H23N3O5S3/c1-28(23,24)18(29(2,25)26)9-12-15(14(22)10-18)17(20-11-5-3-4-6-11)27-16(12)13-7-8-19-21-13/h7-8,11,20H,3-6,9-10H2,1-2H3,(H,19,21). The highest BCUT2D eigenvalue weighted by atomic mass is 32.3. The first-order valence-electron chi connectivity index (χ1n) is 9.38. The maximum Gasteiger partial charge on any atom is 0.183 e. The van der Waals surface area contributed by atoms with Gasteiger partial charge in [-0.3, -0.25) is 9.89 Å². The van der Waals surface area contributed by atoms with Gasteiger partial charge in [-0.1, -0.05) is 12.8 Å². The normalized spacial score (nSPS) is 20.0. The van der Waals surface area contributed by atoms with E-state index in [2.05, 4.69) is 15.5 Å². The molecule has 2 aliphatic rings. The van der Waals surface area contributed by atoms with E-state index >= 15 is 0 Å². The van der Waals surface area contributed by atoms with E-state index in [-0.39, 0.29) is 12.5 Å². The molecule has 0 aromatic carbocycles. The smallest absolute Gasteiger partial charge is 0.183 e. The number of ketones is 1. The van der Waals surface area contributed by atoms with Crippen molar-refractivity contribution in [2.45, 2.75) is 48.6 Å². The summed E-state index contributed by atoms with van der Waals surface area (Å²) in [5.41, 5.74) is 1.53. The highest BCUT2D eigenvalue weighted by Crippen LogP contribution is 2.49. The topological polar surface area (TPSA) is 126 Å². The lowest BCUT2D eigenvalue weighted by Crippen LogP contribution is -2.51. The molecule has 0 radical (unpaired) electrons. The predicted molar refractivity (Wildman–Crippen MR) is 113 cm³/mol. The van der Waals surface area contributed by atoms with Crippen LogP contribution in [0.1, 0.15) is 48.0 Å². The van der Waals surface area contributed by atoms with Crippen LogP contribution in [0.15, 0.2) is 12.3 Å². The predicted octanol–water partition coefficient (Wildman–Crippen LogP) is 2.41. The van der Waals surface area contributed by atoms with Gasteiger partial charge in [0.1, 0.15) is 5.00 Å². The van der Waals surface area contributed by atoms with Gasteiger partial charge in [0.15, 0.2) is 29.5 Å². The van der Waals surface area contributed by atoms with Gasteiger partial charge in [-0.2, -0.15) is 5.10 Å². The van der Waals surface area contributed by atoms with Gasteiger partial charge in [0.2, 0.25) is 0 Å². The van der Waals surface area contributed by atoms with E-state index in [0.717, 1.165) is 38.2 Å². The lowest BCUT2D eigenvalue weighted by Gasteiger charge is -2.33. The molecule has 0 bridgehead atoms. The van der Waals surface area contributed by atoms with Crippen LogP contribution in [-0.2, 0) is 26.1 Å². The number of H-pyrrole nitrogens is 1. The maximum absolute atomic E-state index is 13.2. The number of fused-ring (bicyclic) bond motifs is 1. The summed E-state index contributed by atoms with van der Waals surface area (Å²) in [5.74, 6) is -0.454. The van der Waals surface area contributed by atoms with Crippen LogP contribution in [-0.4, -0.2) is 55.4 Å². The molecule has 2 aliphatic carbocycles. The van der Waals surface area contributed by atoms with Gasteiger partial charge in [-0.15, -0.1) is 11.3 Å². The van der Waals surface area contributed by atoms with Gasteiger partial charge in [-0.25, -0.2) is 16.8 Å². The van der Waals surface area contributed by atoms with Gasteiger partial charge < -0.3 is 5.32 Å². The quantitative estimate of drug-likeness (QED) is 0.706. The Balaban J connectivity index is 1.91. The Morgan fingerprint density at radius 3 is 2.34 bits per heavy atom. The van der Waals surface area contributed by atoms with Crippen molar-refractivity contribution in [2.75, 3.05) is 17.8 Å². The van der Waals surface area contributed by atoms with Crippen molar-refractivity contribution in [2.24, 2.45) is 0 Å². The lowest BCUT2D eigenvalue weighted by molar-refractivity contribution is 0.0969. The zero-order valence-electron chi connectivity index (χ0n) is 16.2. The first-order valence-corrected chi connectivity index (χ1v) is 14.0. The number of nitrogens with zero attached hydrogens (tertiary/aromatic N) is 1. The molecule has 0 spiro atoms. The number of nitrogens with one attached hydrogen (secondary N) is 2. The van der Waals surface area contributed by atoms with Gasteiger partial charge in [0.25, 0.3) is 0 Å². The van der Waals surface area contributed by atoms with Crippen LogP contribution >= 0.6 is 11.3 Å². The minimum absolute atomic E-state index is 0.247. The number of rotatable bonds is 5. The fourth-order valence-corrected chi connectivity index (χ4v) is 9.44. The molecule has 1 saturated carbocycles. The van der Waals surface area contributed by atoms with E-state index in [1.54, 1.807) is 12.3 Å². The van der Waals surface area contributed by atoms with Gasteiger partial charge in [0.05, 0.1) is 16.1 Å². The van der Waals surface area contributed by atoms with Crippen molar-refractivity contribution in [3.8, 4) is 10.6 Å².